The van der Waals surface area contributed by atoms with Gasteiger partial charge in [0.15, 0.2) is 0 Å². The second-order valence-corrected chi connectivity index (χ2v) is 5.54. The maximum atomic E-state index is 6.07. The van der Waals surface area contributed by atoms with E-state index in [1.165, 1.54) is 19.3 Å². The number of hydrogen-bond donors (Lipinski definition) is 2. The summed E-state index contributed by atoms with van der Waals surface area (Å²) in [7, 11) is 0. The molecular weight excluding hydrogens is 240 g/mol. The molecular formula is C14H24N4O. The van der Waals surface area contributed by atoms with Crippen molar-refractivity contribution in [1.82, 2.24) is 9.97 Å². The molecule has 3 N–H and O–H groups in total. The first-order chi connectivity index (χ1) is 9.11. The third kappa shape index (κ3) is 3.35. The molecule has 2 rings (SSSR count). The van der Waals surface area contributed by atoms with Crippen LogP contribution in [0.3, 0.4) is 0 Å². The Bertz CT molecular complexity index is 428. The van der Waals surface area contributed by atoms with E-state index in [4.69, 9.17) is 10.6 Å². The summed E-state index contributed by atoms with van der Waals surface area (Å²) < 4.78 is 6.07. The van der Waals surface area contributed by atoms with Gasteiger partial charge < -0.3 is 10.2 Å². The molecule has 5 nitrogen and oxygen atoms in total. The molecule has 0 unspecified atom stereocenters. The molecule has 1 aliphatic rings. The number of rotatable bonds is 4. The first kappa shape index (κ1) is 14.1. The van der Waals surface area contributed by atoms with E-state index >= 15 is 0 Å². The van der Waals surface area contributed by atoms with Gasteiger partial charge in [0.05, 0.1) is 5.56 Å². The standard InChI is InChI=1S/C14H24N4O/c1-9(2)12-16-13(18-15)10(3)14(17-12)19-11-7-5-4-6-8-11/h9,11H,4-8,15H2,1-3H3,(H,16,17,18). The summed E-state index contributed by atoms with van der Waals surface area (Å²) in [4.78, 5) is 8.96. The minimum atomic E-state index is 0.251. The second-order valence-electron chi connectivity index (χ2n) is 5.54. The highest BCUT2D eigenvalue weighted by Crippen LogP contribution is 2.28. The largest absolute Gasteiger partial charge is 0.474 e. The number of aromatic nitrogens is 2. The van der Waals surface area contributed by atoms with Crippen molar-refractivity contribution in [2.24, 2.45) is 5.84 Å². The van der Waals surface area contributed by atoms with E-state index in [2.05, 4.69) is 29.2 Å². The smallest absolute Gasteiger partial charge is 0.222 e. The Hall–Kier alpha value is -1.36. The Morgan fingerprint density at radius 1 is 1.21 bits per heavy atom. The monoisotopic (exact) mass is 264 g/mol. The van der Waals surface area contributed by atoms with Crippen molar-refractivity contribution in [2.75, 3.05) is 5.43 Å². The van der Waals surface area contributed by atoms with Gasteiger partial charge >= 0.3 is 0 Å². The number of hydrazine groups is 1. The lowest BCUT2D eigenvalue weighted by atomic mass is 9.98. The van der Waals surface area contributed by atoms with Crippen LogP contribution in [0.5, 0.6) is 5.88 Å². The first-order valence-corrected chi connectivity index (χ1v) is 7.13. The third-order valence-corrected chi connectivity index (χ3v) is 3.60. The summed E-state index contributed by atoms with van der Waals surface area (Å²) in [5.74, 6) is 7.88. The Morgan fingerprint density at radius 3 is 2.47 bits per heavy atom. The molecule has 0 spiro atoms. The molecule has 19 heavy (non-hydrogen) atoms. The Morgan fingerprint density at radius 2 is 1.89 bits per heavy atom. The predicted molar refractivity (Wildman–Crippen MR) is 76.2 cm³/mol. The zero-order valence-corrected chi connectivity index (χ0v) is 12.1. The molecule has 0 aliphatic heterocycles. The molecule has 0 bridgehead atoms. The highest BCUT2D eigenvalue weighted by Gasteiger charge is 2.19. The van der Waals surface area contributed by atoms with Crippen LogP contribution in [0.15, 0.2) is 0 Å². The maximum Gasteiger partial charge on any atom is 0.222 e. The van der Waals surface area contributed by atoms with Gasteiger partial charge in [-0.15, -0.1) is 0 Å². The molecule has 1 aromatic heterocycles. The van der Waals surface area contributed by atoms with Crippen molar-refractivity contribution < 1.29 is 4.74 Å². The summed E-state index contributed by atoms with van der Waals surface area (Å²) >= 11 is 0. The van der Waals surface area contributed by atoms with Crippen LogP contribution >= 0.6 is 0 Å². The van der Waals surface area contributed by atoms with Gasteiger partial charge in [-0.3, -0.25) is 0 Å². The zero-order chi connectivity index (χ0) is 13.8. The Balaban J connectivity index is 2.24. The first-order valence-electron chi connectivity index (χ1n) is 7.13. The second kappa shape index (κ2) is 6.19. The molecule has 1 aliphatic carbocycles. The topological polar surface area (TPSA) is 73.1 Å². The third-order valence-electron chi connectivity index (χ3n) is 3.60. The molecule has 1 fully saturated rings. The van der Waals surface area contributed by atoms with Crippen LogP contribution in [0, 0.1) is 6.92 Å². The summed E-state index contributed by atoms with van der Waals surface area (Å²) in [6.07, 6.45) is 6.32. The summed E-state index contributed by atoms with van der Waals surface area (Å²) in [6, 6.07) is 0. The molecule has 1 aromatic rings. The molecule has 0 atom stereocenters. The quantitative estimate of drug-likeness (QED) is 0.646. The number of nitrogen functional groups attached to an aromatic ring is 1. The van der Waals surface area contributed by atoms with Gasteiger partial charge in [-0.1, -0.05) is 20.3 Å². The molecule has 0 amide bonds. The Labute approximate surface area is 114 Å². The number of nitrogens with two attached hydrogens (primary N) is 1. The van der Waals surface area contributed by atoms with Gasteiger partial charge in [-0.2, -0.15) is 4.98 Å². The van der Waals surface area contributed by atoms with Crippen molar-refractivity contribution in [2.45, 2.75) is 64.9 Å². The van der Waals surface area contributed by atoms with E-state index < -0.39 is 0 Å². The van der Waals surface area contributed by atoms with Crippen LogP contribution in [-0.4, -0.2) is 16.1 Å². The van der Waals surface area contributed by atoms with Gasteiger partial charge in [0, 0.05) is 5.92 Å². The molecule has 0 saturated heterocycles. The highest BCUT2D eigenvalue weighted by molar-refractivity contribution is 5.47. The minimum absolute atomic E-state index is 0.251. The number of nitrogens with zero attached hydrogens (tertiary/aromatic N) is 2. The van der Waals surface area contributed by atoms with Crippen molar-refractivity contribution in [3.05, 3.63) is 11.4 Å². The van der Waals surface area contributed by atoms with Crippen molar-refractivity contribution >= 4 is 5.82 Å². The van der Waals surface area contributed by atoms with Crippen molar-refractivity contribution in [3.63, 3.8) is 0 Å². The lowest BCUT2D eigenvalue weighted by Gasteiger charge is -2.24. The average Bonchev–Trinajstić information content (AvgIpc) is 2.42. The fourth-order valence-corrected chi connectivity index (χ4v) is 2.37. The fourth-order valence-electron chi connectivity index (χ4n) is 2.37. The van der Waals surface area contributed by atoms with Crippen LogP contribution in [0.25, 0.3) is 0 Å². The van der Waals surface area contributed by atoms with E-state index in [9.17, 15) is 0 Å². The van der Waals surface area contributed by atoms with Crippen LogP contribution in [0.1, 0.15) is 63.3 Å². The van der Waals surface area contributed by atoms with Crippen LogP contribution in [0.2, 0.25) is 0 Å². The summed E-state index contributed by atoms with van der Waals surface area (Å²) in [5.41, 5.74) is 3.52. The van der Waals surface area contributed by atoms with Crippen LogP contribution in [-0.2, 0) is 0 Å². The van der Waals surface area contributed by atoms with Gasteiger partial charge in [-0.25, -0.2) is 10.8 Å². The molecule has 5 heteroatoms. The predicted octanol–water partition coefficient (Wildman–Crippen LogP) is 2.91. The average molecular weight is 264 g/mol. The highest BCUT2D eigenvalue weighted by atomic mass is 16.5. The number of ether oxygens (including phenoxy) is 1. The molecule has 0 radical (unpaired) electrons. The molecule has 1 saturated carbocycles. The van der Waals surface area contributed by atoms with Gasteiger partial charge in [0.25, 0.3) is 0 Å². The van der Waals surface area contributed by atoms with Crippen molar-refractivity contribution in [1.29, 1.82) is 0 Å². The van der Waals surface area contributed by atoms with Crippen LogP contribution in [0.4, 0.5) is 5.82 Å². The zero-order valence-electron chi connectivity index (χ0n) is 12.1. The number of nitrogens with one attached hydrogen (secondary N) is 1. The van der Waals surface area contributed by atoms with Crippen LogP contribution < -0.4 is 16.0 Å². The minimum Gasteiger partial charge on any atom is -0.474 e. The molecule has 0 aromatic carbocycles. The van der Waals surface area contributed by atoms with Gasteiger partial charge in [0.2, 0.25) is 5.88 Å². The van der Waals surface area contributed by atoms with E-state index in [1.807, 2.05) is 6.92 Å². The van der Waals surface area contributed by atoms with Gasteiger partial charge in [-0.05, 0) is 32.6 Å². The van der Waals surface area contributed by atoms with E-state index in [1.54, 1.807) is 0 Å². The normalized spacial score (nSPS) is 16.7. The SMILES string of the molecule is Cc1c(NN)nc(C(C)C)nc1OC1CCCCC1. The lowest BCUT2D eigenvalue weighted by molar-refractivity contribution is 0.147. The molecule has 106 valence electrons. The van der Waals surface area contributed by atoms with E-state index in [-0.39, 0.29) is 12.0 Å². The molecule has 1 heterocycles. The van der Waals surface area contributed by atoms with E-state index in [0.717, 1.165) is 24.2 Å². The lowest BCUT2D eigenvalue weighted by Crippen LogP contribution is -2.22. The van der Waals surface area contributed by atoms with E-state index in [0.29, 0.717) is 11.7 Å². The summed E-state index contributed by atoms with van der Waals surface area (Å²) in [6.45, 7) is 6.07. The fraction of sp³-hybridized carbons (Fsp3) is 0.714. The summed E-state index contributed by atoms with van der Waals surface area (Å²) in [5, 5.41) is 0. The Kier molecular flexibility index (Phi) is 4.58. The number of hydrogen-bond acceptors (Lipinski definition) is 5. The maximum absolute atomic E-state index is 6.07. The van der Waals surface area contributed by atoms with Gasteiger partial charge in [0.1, 0.15) is 17.7 Å². The van der Waals surface area contributed by atoms with Crippen molar-refractivity contribution in [3.8, 4) is 5.88 Å². The number of anilines is 1.